The number of nitrogens with zero attached hydrogens (tertiary/aromatic N) is 2. The second kappa shape index (κ2) is 8.65. The molecule has 4 amide bonds. The minimum absolute atomic E-state index is 0.136. The lowest BCUT2D eigenvalue weighted by atomic mass is 10.1. The third-order valence-electron chi connectivity index (χ3n) is 4.65. The highest BCUT2D eigenvalue weighted by atomic mass is 79.9. The van der Waals surface area contributed by atoms with Crippen LogP contribution in [0.5, 0.6) is 0 Å². The van der Waals surface area contributed by atoms with Crippen molar-refractivity contribution in [2.45, 2.75) is 0 Å². The Balaban J connectivity index is 1.78. The van der Waals surface area contributed by atoms with Crippen molar-refractivity contribution in [1.82, 2.24) is 9.80 Å². The Labute approximate surface area is 241 Å². The van der Waals surface area contributed by atoms with Crippen LogP contribution >= 0.6 is 127 Å². The Morgan fingerprint density at radius 3 is 0.774 bits per heavy atom. The molecule has 2 aliphatic heterocycles. The molecule has 0 atom stereocenters. The monoisotopic (exact) mass is 929 g/mol. The number of amides is 4. The van der Waals surface area contributed by atoms with Crippen molar-refractivity contribution in [3.63, 3.8) is 0 Å². The number of imide groups is 2. The summed E-state index contributed by atoms with van der Waals surface area (Å²) in [6.07, 6.45) is 0. The minimum atomic E-state index is -0.627. The molecule has 0 aliphatic carbocycles. The zero-order valence-corrected chi connectivity index (χ0v) is 26.9. The third kappa shape index (κ3) is 3.49. The Kier molecular flexibility index (Phi) is 6.89. The van der Waals surface area contributed by atoms with Crippen molar-refractivity contribution < 1.29 is 19.2 Å². The Morgan fingerprint density at radius 1 is 0.387 bits per heavy atom. The van der Waals surface area contributed by atoms with E-state index in [1.807, 2.05) is 0 Å². The molecule has 4 rings (SSSR count). The van der Waals surface area contributed by atoms with Gasteiger partial charge in [0.25, 0.3) is 23.6 Å². The van der Waals surface area contributed by atoms with Gasteiger partial charge in [-0.15, -0.1) is 0 Å². The summed E-state index contributed by atoms with van der Waals surface area (Å²) in [7, 11) is 0. The molecule has 0 saturated heterocycles. The standard InChI is InChI=1S/C17H2Br8N2O4/c18-6-2-3(7(19)11(23)10(6)22)15(29)26(14(2)28)1-27-16(30)4-5(17(27)31)9(21)13(25)12(24)8(4)20/h1H2. The molecule has 2 heterocycles. The summed E-state index contributed by atoms with van der Waals surface area (Å²) in [5, 5.41) is 0. The molecule has 2 aliphatic rings. The molecule has 160 valence electrons. The van der Waals surface area contributed by atoms with Gasteiger partial charge in [-0.1, -0.05) is 0 Å². The summed E-state index contributed by atoms with van der Waals surface area (Å²) in [6, 6.07) is 0. The zero-order valence-electron chi connectivity index (χ0n) is 14.3. The van der Waals surface area contributed by atoms with Crippen LogP contribution in [0.4, 0.5) is 0 Å². The quantitative estimate of drug-likeness (QED) is 0.177. The van der Waals surface area contributed by atoms with E-state index in [0.29, 0.717) is 35.8 Å². The molecule has 2 aromatic rings. The predicted molar refractivity (Wildman–Crippen MR) is 140 cm³/mol. The maximum absolute atomic E-state index is 13.1. The smallest absolute Gasteiger partial charge is 0.264 e. The Morgan fingerprint density at radius 2 is 0.581 bits per heavy atom. The number of rotatable bonds is 2. The lowest BCUT2D eigenvalue weighted by molar-refractivity contribution is 0.0471. The van der Waals surface area contributed by atoms with E-state index in [2.05, 4.69) is 127 Å². The molecule has 0 fully saturated rings. The van der Waals surface area contributed by atoms with Crippen LogP contribution in [-0.4, -0.2) is 40.1 Å². The number of carbonyl (C=O) groups excluding carboxylic acids is 4. The van der Waals surface area contributed by atoms with E-state index in [4.69, 9.17) is 0 Å². The number of benzene rings is 2. The molecule has 6 nitrogen and oxygen atoms in total. The van der Waals surface area contributed by atoms with Crippen molar-refractivity contribution in [3.8, 4) is 0 Å². The van der Waals surface area contributed by atoms with Crippen LogP contribution < -0.4 is 0 Å². The lowest BCUT2D eigenvalue weighted by Crippen LogP contribution is -2.44. The van der Waals surface area contributed by atoms with E-state index in [-0.39, 0.29) is 22.3 Å². The maximum atomic E-state index is 13.1. The van der Waals surface area contributed by atoms with Gasteiger partial charge < -0.3 is 0 Å². The summed E-state index contributed by atoms with van der Waals surface area (Å²) in [5.74, 6) is -2.51. The van der Waals surface area contributed by atoms with Gasteiger partial charge in [0.2, 0.25) is 0 Å². The summed E-state index contributed by atoms with van der Waals surface area (Å²) in [4.78, 5) is 54.1. The first kappa shape index (κ1) is 24.7. The Bertz CT molecular complexity index is 1100. The first-order valence-electron chi connectivity index (χ1n) is 7.86. The molecule has 0 bridgehead atoms. The van der Waals surface area contributed by atoms with Crippen LogP contribution in [0.2, 0.25) is 0 Å². The molecule has 0 aromatic heterocycles. The van der Waals surface area contributed by atoms with E-state index in [1.54, 1.807) is 0 Å². The number of carbonyl (C=O) groups is 4. The molecule has 0 saturated carbocycles. The van der Waals surface area contributed by atoms with Gasteiger partial charge in [-0.05, 0) is 127 Å². The largest absolute Gasteiger partial charge is 0.268 e. The fraction of sp³-hybridized carbons (Fsp3) is 0.0588. The van der Waals surface area contributed by atoms with Gasteiger partial charge >= 0.3 is 0 Å². The van der Waals surface area contributed by atoms with E-state index >= 15 is 0 Å². The van der Waals surface area contributed by atoms with Gasteiger partial charge in [0.15, 0.2) is 0 Å². The van der Waals surface area contributed by atoms with Crippen molar-refractivity contribution in [2.75, 3.05) is 6.67 Å². The van der Waals surface area contributed by atoms with E-state index in [1.165, 1.54) is 0 Å². The molecular formula is C17H2Br8N2O4. The fourth-order valence-electron chi connectivity index (χ4n) is 3.19. The maximum Gasteiger partial charge on any atom is 0.264 e. The van der Waals surface area contributed by atoms with Crippen LogP contribution in [0.3, 0.4) is 0 Å². The van der Waals surface area contributed by atoms with Crippen LogP contribution in [0.15, 0.2) is 35.8 Å². The molecule has 31 heavy (non-hydrogen) atoms. The molecule has 14 heteroatoms. The van der Waals surface area contributed by atoms with E-state index in [9.17, 15) is 19.2 Å². The average molecular weight is 937 g/mol. The van der Waals surface area contributed by atoms with E-state index in [0.717, 1.165) is 9.80 Å². The van der Waals surface area contributed by atoms with Crippen molar-refractivity contribution in [1.29, 1.82) is 0 Å². The summed E-state index contributed by atoms with van der Waals surface area (Å²) >= 11 is 26.8. The van der Waals surface area contributed by atoms with Crippen molar-refractivity contribution >= 4 is 151 Å². The summed E-state index contributed by atoms with van der Waals surface area (Å²) in [6.45, 7) is -0.527. The first-order valence-corrected chi connectivity index (χ1v) is 14.2. The fourth-order valence-corrected chi connectivity index (χ4v) is 8.10. The molecule has 2 aromatic carbocycles. The first-order chi connectivity index (χ1) is 14.4. The number of fused-ring (bicyclic) bond motifs is 2. The Hall–Kier alpha value is 0.560. The van der Waals surface area contributed by atoms with Gasteiger partial charge in [0.1, 0.15) is 6.67 Å². The summed E-state index contributed by atoms with van der Waals surface area (Å²) in [5.41, 5.74) is 0.542. The van der Waals surface area contributed by atoms with Crippen LogP contribution in [-0.2, 0) is 0 Å². The topological polar surface area (TPSA) is 74.8 Å². The van der Waals surface area contributed by atoms with Crippen LogP contribution in [0, 0.1) is 0 Å². The third-order valence-corrected chi connectivity index (χ3v) is 14.2. The highest BCUT2D eigenvalue weighted by Crippen LogP contribution is 2.47. The number of hydrogen-bond donors (Lipinski definition) is 0. The number of halogens is 8. The SMILES string of the molecule is O=C1c2c(Br)c(Br)c(Br)c(Br)c2C(=O)N1CN1C(=O)c2c(Br)c(Br)c(Br)c(Br)c2C1=O. The van der Waals surface area contributed by atoms with Crippen LogP contribution in [0.25, 0.3) is 0 Å². The molecule has 0 spiro atoms. The van der Waals surface area contributed by atoms with Gasteiger partial charge in [-0.3, -0.25) is 29.0 Å². The van der Waals surface area contributed by atoms with Gasteiger partial charge in [-0.25, -0.2) is 0 Å². The number of hydrogen-bond acceptors (Lipinski definition) is 4. The highest BCUT2D eigenvalue weighted by molar-refractivity contribution is 9.15. The van der Waals surface area contributed by atoms with E-state index < -0.39 is 30.3 Å². The lowest BCUT2D eigenvalue weighted by Gasteiger charge is -2.21. The normalized spacial score (nSPS) is 15.4. The second-order valence-electron chi connectivity index (χ2n) is 6.23. The van der Waals surface area contributed by atoms with Crippen molar-refractivity contribution in [2.24, 2.45) is 0 Å². The predicted octanol–water partition coefficient (Wildman–Crippen LogP) is 7.64. The minimum Gasteiger partial charge on any atom is -0.268 e. The van der Waals surface area contributed by atoms with Gasteiger partial charge in [0, 0.05) is 35.8 Å². The zero-order chi connectivity index (χ0) is 23.1. The highest BCUT2D eigenvalue weighted by Gasteiger charge is 2.46. The molecular weight excluding hydrogens is 935 g/mol. The van der Waals surface area contributed by atoms with Gasteiger partial charge in [0.05, 0.1) is 22.3 Å². The van der Waals surface area contributed by atoms with Crippen molar-refractivity contribution in [3.05, 3.63) is 58.0 Å². The molecule has 0 radical (unpaired) electrons. The average Bonchev–Trinajstić information content (AvgIpc) is 3.13. The summed E-state index contributed by atoms with van der Waals surface area (Å²) < 4.78 is 3.74. The second-order valence-corrected chi connectivity index (χ2v) is 12.6. The van der Waals surface area contributed by atoms with Crippen LogP contribution in [0.1, 0.15) is 41.4 Å². The van der Waals surface area contributed by atoms with Gasteiger partial charge in [-0.2, -0.15) is 0 Å². The molecule has 0 unspecified atom stereocenters. The molecule has 0 N–H and O–H groups in total.